The molecule has 32 heavy (non-hydrogen) atoms. The number of carbonyl (C=O) groups excluding carboxylic acids is 1. The van der Waals surface area contributed by atoms with Gasteiger partial charge in [-0.15, -0.1) is 0 Å². The lowest BCUT2D eigenvalue weighted by Crippen LogP contribution is -2.32. The first-order chi connectivity index (χ1) is 15.4. The average molecular weight is 441 g/mol. The number of hydrogen-bond donors (Lipinski definition) is 0. The summed E-state index contributed by atoms with van der Waals surface area (Å²) in [5, 5.41) is 8.67. The van der Waals surface area contributed by atoms with Gasteiger partial charge in [0.05, 0.1) is 50.7 Å². The standard InChI is InChI=1S/C23H28N4O5/c1-14-9-18(32-25-14)16-13-26(2)24-22(16)17-7-6-8-27(17)21(28)12-15-10-19(29-3)23(31-5)20(11-15)30-4/h9-11,13,17H,6-8,12H2,1-5H3. The summed E-state index contributed by atoms with van der Waals surface area (Å²) in [6, 6.07) is 5.39. The van der Waals surface area contributed by atoms with Gasteiger partial charge in [-0.25, -0.2) is 0 Å². The quantitative estimate of drug-likeness (QED) is 0.556. The Balaban J connectivity index is 1.61. The smallest absolute Gasteiger partial charge is 0.227 e. The summed E-state index contributed by atoms with van der Waals surface area (Å²) in [7, 11) is 6.55. The number of carbonyl (C=O) groups is 1. The number of aryl methyl sites for hydroxylation is 2. The van der Waals surface area contributed by atoms with Crippen molar-refractivity contribution in [2.75, 3.05) is 27.9 Å². The second-order valence-electron chi connectivity index (χ2n) is 7.89. The number of methoxy groups -OCH3 is 3. The number of nitrogens with zero attached hydrogens (tertiary/aromatic N) is 4. The molecular weight excluding hydrogens is 412 g/mol. The van der Waals surface area contributed by atoms with Crippen LogP contribution in [0.25, 0.3) is 11.3 Å². The van der Waals surface area contributed by atoms with Gasteiger partial charge in [-0.3, -0.25) is 9.48 Å². The minimum absolute atomic E-state index is 0.0205. The summed E-state index contributed by atoms with van der Waals surface area (Å²) in [6.45, 7) is 2.56. The van der Waals surface area contributed by atoms with Gasteiger partial charge in [-0.2, -0.15) is 5.10 Å². The van der Waals surface area contributed by atoms with E-state index in [0.717, 1.165) is 35.4 Å². The van der Waals surface area contributed by atoms with Gasteiger partial charge < -0.3 is 23.6 Å². The Bertz CT molecular complexity index is 1090. The third kappa shape index (κ3) is 4.02. The number of hydrogen-bond acceptors (Lipinski definition) is 7. The zero-order valence-corrected chi connectivity index (χ0v) is 19.0. The van der Waals surface area contributed by atoms with E-state index in [1.165, 1.54) is 0 Å². The Labute approximate surface area is 186 Å². The zero-order chi connectivity index (χ0) is 22.8. The van der Waals surface area contributed by atoms with Gasteiger partial charge in [0.1, 0.15) is 0 Å². The lowest BCUT2D eigenvalue weighted by atomic mass is 10.0. The molecule has 1 aliphatic heterocycles. The molecule has 4 rings (SSSR count). The van der Waals surface area contributed by atoms with Crippen molar-refractivity contribution in [3.63, 3.8) is 0 Å². The van der Waals surface area contributed by atoms with Crippen LogP contribution in [0.2, 0.25) is 0 Å². The van der Waals surface area contributed by atoms with Gasteiger partial charge in [0.15, 0.2) is 17.3 Å². The molecule has 0 saturated carbocycles. The summed E-state index contributed by atoms with van der Waals surface area (Å²) >= 11 is 0. The molecule has 0 radical (unpaired) electrons. The molecule has 1 saturated heterocycles. The molecule has 3 aromatic rings. The van der Waals surface area contributed by atoms with Gasteiger partial charge >= 0.3 is 0 Å². The van der Waals surface area contributed by atoms with Crippen LogP contribution in [0, 0.1) is 6.92 Å². The first kappa shape index (κ1) is 21.7. The zero-order valence-electron chi connectivity index (χ0n) is 19.0. The maximum atomic E-state index is 13.4. The predicted molar refractivity (Wildman–Crippen MR) is 117 cm³/mol. The highest BCUT2D eigenvalue weighted by Gasteiger charge is 2.34. The van der Waals surface area contributed by atoms with Gasteiger partial charge in [0, 0.05) is 25.9 Å². The van der Waals surface area contributed by atoms with Crippen LogP contribution in [0.1, 0.15) is 35.8 Å². The Morgan fingerprint density at radius 2 is 1.88 bits per heavy atom. The first-order valence-electron chi connectivity index (χ1n) is 10.5. The van der Waals surface area contributed by atoms with Crippen molar-refractivity contribution in [2.45, 2.75) is 32.2 Å². The van der Waals surface area contributed by atoms with Crippen molar-refractivity contribution in [3.8, 4) is 28.6 Å². The number of aromatic nitrogens is 3. The molecule has 1 amide bonds. The number of benzene rings is 1. The minimum Gasteiger partial charge on any atom is -0.493 e. The highest BCUT2D eigenvalue weighted by atomic mass is 16.5. The molecule has 1 atom stereocenters. The molecule has 0 aliphatic carbocycles. The average Bonchev–Trinajstić information content (AvgIpc) is 3.52. The molecule has 9 heteroatoms. The minimum atomic E-state index is -0.119. The number of rotatable bonds is 7. The van der Waals surface area contributed by atoms with Gasteiger partial charge in [-0.1, -0.05) is 5.16 Å². The van der Waals surface area contributed by atoms with E-state index in [1.807, 2.05) is 43.3 Å². The van der Waals surface area contributed by atoms with Crippen molar-refractivity contribution in [2.24, 2.45) is 7.05 Å². The molecule has 0 N–H and O–H groups in total. The summed E-state index contributed by atoms with van der Waals surface area (Å²) in [6.07, 6.45) is 3.89. The highest BCUT2D eigenvalue weighted by molar-refractivity contribution is 5.80. The third-order valence-electron chi connectivity index (χ3n) is 5.72. The molecule has 1 aliphatic rings. The molecule has 2 aromatic heterocycles. The van der Waals surface area contributed by atoms with E-state index in [4.69, 9.17) is 18.7 Å². The van der Waals surface area contributed by atoms with Crippen molar-refractivity contribution in [1.29, 1.82) is 0 Å². The highest BCUT2D eigenvalue weighted by Crippen LogP contribution is 2.40. The maximum absolute atomic E-state index is 13.4. The molecule has 3 heterocycles. The van der Waals surface area contributed by atoms with Crippen LogP contribution >= 0.6 is 0 Å². The Kier molecular flexibility index (Phi) is 6.07. The molecule has 9 nitrogen and oxygen atoms in total. The molecule has 170 valence electrons. The molecule has 1 fully saturated rings. The Morgan fingerprint density at radius 3 is 2.47 bits per heavy atom. The van der Waals surface area contributed by atoms with Crippen molar-refractivity contribution >= 4 is 5.91 Å². The van der Waals surface area contributed by atoms with Crippen LogP contribution in [0.3, 0.4) is 0 Å². The van der Waals surface area contributed by atoms with Crippen molar-refractivity contribution < 1.29 is 23.5 Å². The molecule has 1 aromatic carbocycles. The Hall–Kier alpha value is -3.49. The van der Waals surface area contributed by atoms with Gasteiger partial charge in [-0.05, 0) is 37.5 Å². The van der Waals surface area contributed by atoms with Crippen molar-refractivity contribution in [1.82, 2.24) is 19.8 Å². The Morgan fingerprint density at radius 1 is 1.16 bits per heavy atom. The third-order valence-corrected chi connectivity index (χ3v) is 5.72. The number of likely N-dealkylation sites (tertiary alicyclic amines) is 1. The van der Waals surface area contributed by atoms with E-state index >= 15 is 0 Å². The van der Waals surface area contributed by atoms with E-state index in [0.29, 0.717) is 29.6 Å². The van der Waals surface area contributed by atoms with Crippen molar-refractivity contribution in [3.05, 3.63) is 41.3 Å². The fraction of sp³-hybridized carbons (Fsp3) is 0.435. The number of amides is 1. The largest absolute Gasteiger partial charge is 0.493 e. The summed E-state index contributed by atoms with van der Waals surface area (Å²) in [5.41, 5.74) is 3.30. The summed E-state index contributed by atoms with van der Waals surface area (Å²) < 4.78 is 23.5. The monoisotopic (exact) mass is 440 g/mol. The van der Waals surface area contributed by atoms with E-state index < -0.39 is 0 Å². The topological polar surface area (TPSA) is 91.9 Å². The van der Waals surface area contributed by atoms with Crippen LogP contribution in [-0.2, 0) is 18.3 Å². The maximum Gasteiger partial charge on any atom is 0.227 e. The fourth-order valence-corrected chi connectivity index (χ4v) is 4.30. The van der Waals surface area contributed by atoms with Crippen LogP contribution in [-0.4, -0.2) is 53.6 Å². The predicted octanol–water partition coefficient (Wildman–Crippen LogP) is 3.32. The van der Waals surface area contributed by atoms with E-state index in [1.54, 1.807) is 26.0 Å². The van der Waals surface area contributed by atoms with E-state index in [9.17, 15) is 4.79 Å². The summed E-state index contributed by atoms with van der Waals surface area (Å²) in [5.74, 6) is 2.24. The second-order valence-corrected chi connectivity index (χ2v) is 7.89. The lowest BCUT2D eigenvalue weighted by Gasteiger charge is -2.24. The molecular formula is C23H28N4O5. The molecule has 0 spiro atoms. The number of ether oxygens (including phenoxy) is 3. The SMILES string of the molecule is COc1cc(CC(=O)N2CCCC2c2nn(C)cc2-c2cc(C)no2)cc(OC)c1OC. The van der Waals surface area contributed by atoms with E-state index in [-0.39, 0.29) is 18.4 Å². The van der Waals surface area contributed by atoms with Gasteiger partial charge in [0.25, 0.3) is 0 Å². The first-order valence-corrected chi connectivity index (χ1v) is 10.5. The van der Waals surface area contributed by atoms with Crippen LogP contribution in [0.5, 0.6) is 17.2 Å². The fourth-order valence-electron chi connectivity index (χ4n) is 4.30. The second kappa shape index (κ2) is 8.94. The lowest BCUT2D eigenvalue weighted by molar-refractivity contribution is -0.131. The van der Waals surface area contributed by atoms with Crippen LogP contribution in [0.4, 0.5) is 0 Å². The van der Waals surface area contributed by atoms with Crippen LogP contribution in [0.15, 0.2) is 28.9 Å². The molecule has 0 bridgehead atoms. The van der Waals surface area contributed by atoms with E-state index in [2.05, 4.69) is 10.3 Å². The van der Waals surface area contributed by atoms with Crippen LogP contribution < -0.4 is 14.2 Å². The summed E-state index contributed by atoms with van der Waals surface area (Å²) in [4.78, 5) is 15.3. The molecule has 1 unspecified atom stereocenters. The normalized spacial score (nSPS) is 15.8. The van der Waals surface area contributed by atoms with Gasteiger partial charge in [0.2, 0.25) is 11.7 Å².